The van der Waals surface area contributed by atoms with Crippen molar-refractivity contribution in [3.8, 4) is 11.5 Å². The molecule has 0 unspecified atom stereocenters. The highest BCUT2D eigenvalue weighted by molar-refractivity contribution is 5.73. The molecule has 0 radical (unpaired) electrons. The maximum atomic E-state index is 13.8. The minimum absolute atomic E-state index is 0.290. The van der Waals surface area contributed by atoms with Gasteiger partial charge in [-0.15, -0.1) is 0 Å². The zero-order chi connectivity index (χ0) is 21.8. The van der Waals surface area contributed by atoms with Crippen LogP contribution in [0.1, 0.15) is 39.0 Å². The number of H-pyrrole nitrogens is 1. The third-order valence-corrected chi connectivity index (χ3v) is 6.52. The van der Waals surface area contributed by atoms with E-state index in [0.717, 1.165) is 0 Å². The van der Waals surface area contributed by atoms with Gasteiger partial charge >= 0.3 is 11.7 Å². The summed E-state index contributed by atoms with van der Waals surface area (Å²) in [7, 11) is 0. The standard InChI is InChI=1S/C21H21FN6O3/c1-2-21(7-5-12(6-8-21)19(29)30)28-18-14(25-20(28)31)9-24-17(26-18)15-10-23-16-4-3-13(22)11-27(15)16/h3-4,9-12H,2,5-8H2,1H3,(H,25,31)(H,29,30). The van der Waals surface area contributed by atoms with Gasteiger partial charge in [0.05, 0.1) is 23.9 Å². The molecule has 0 bridgehead atoms. The Morgan fingerprint density at radius 3 is 2.77 bits per heavy atom. The van der Waals surface area contributed by atoms with Gasteiger partial charge < -0.3 is 10.1 Å². The van der Waals surface area contributed by atoms with Gasteiger partial charge in [-0.2, -0.15) is 0 Å². The molecular weight excluding hydrogens is 403 g/mol. The molecule has 0 aliphatic heterocycles. The molecule has 0 saturated heterocycles. The Morgan fingerprint density at radius 2 is 2.06 bits per heavy atom. The van der Waals surface area contributed by atoms with Gasteiger partial charge in [0, 0.05) is 6.20 Å². The van der Waals surface area contributed by atoms with Gasteiger partial charge in [0.15, 0.2) is 11.5 Å². The van der Waals surface area contributed by atoms with Crippen molar-refractivity contribution in [1.29, 1.82) is 0 Å². The average Bonchev–Trinajstić information content (AvgIpc) is 3.33. The van der Waals surface area contributed by atoms with Gasteiger partial charge in [0.25, 0.3) is 0 Å². The largest absolute Gasteiger partial charge is 0.481 e. The lowest BCUT2D eigenvalue weighted by Gasteiger charge is -2.39. The molecule has 0 spiro atoms. The van der Waals surface area contributed by atoms with Crippen molar-refractivity contribution in [1.82, 2.24) is 28.9 Å². The molecule has 0 aromatic carbocycles. The van der Waals surface area contributed by atoms with Crippen LogP contribution in [0.25, 0.3) is 28.3 Å². The zero-order valence-corrected chi connectivity index (χ0v) is 16.9. The number of carboxylic acids is 1. The van der Waals surface area contributed by atoms with Crippen LogP contribution in [0.4, 0.5) is 4.39 Å². The van der Waals surface area contributed by atoms with E-state index in [0.29, 0.717) is 60.4 Å². The number of rotatable bonds is 4. The minimum Gasteiger partial charge on any atom is -0.481 e. The number of nitrogens with zero attached hydrogens (tertiary/aromatic N) is 5. The van der Waals surface area contributed by atoms with Crippen LogP contribution in [-0.4, -0.2) is 40.0 Å². The van der Waals surface area contributed by atoms with Crippen LogP contribution in [-0.2, 0) is 10.3 Å². The van der Waals surface area contributed by atoms with Crippen LogP contribution in [0.5, 0.6) is 0 Å². The van der Waals surface area contributed by atoms with E-state index in [-0.39, 0.29) is 11.6 Å². The maximum absolute atomic E-state index is 13.8. The fourth-order valence-corrected chi connectivity index (χ4v) is 4.72. The monoisotopic (exact) mass is 424 g/mol. The van der Waals surface area contributed by atoms with Crippen molar-refractivity contribution in [2.75, 3.05) is 0 Å². The number of carboxylic acid groups (broad SMARTS) is 1. The van der Waals surface area contributed by atoms with E-state index in [4.69, 9.17) is 0 Å². The van der Waals surface area contributed by atoms with E-state index in [2.05, 4.69) is 19.9 Å². The number of halogens is 1. The molecule has 0 amide bonds. The number of aromatic nitrogens is 6. The molecule has 1 aliphatic carbocycles. The summed E-state index contributed by atoms with van der Waals surface area (Å²) in [5, 5.41) is 9.36. The molecule has 0 atom stereocenters. The first-order valence-corrected chi connectivity index (χ1v) is 10.3. The first-order valence-electron chi connectivity index (χ1n) is 10.3. The third-order valence-electron chi connectivity index (χ3n) is 6.52. The molecule has 1 aliphatic rings. The molecule has 9 nitrogen and oxygen atoms in total. The van der Waals surface area contributed by atoms with Crippen molar-refractivity contribution >= 4 is 22.8 Å². The van der Waals surface area contributed by atoms with E-state index in [1.807, 2.05) is 6.92 Å². The van der Waals surface area contributed by atoms with Gasteiger partial charge in [0.1, 0.15) is 22.7 Å². The van der Waals surface area contributed by atoms with Crippen LogP contribution >= 0.6 is 0 Å². The molecule has 10 heteroatoms. The van der Waals surface area contributed by atoms with Crippen molar-refractivity contribution in [3.05, 3.63) is 47.0 Å². The smallest absolute Gasteiger partial charge is 0.328 e. The number of carbonyl (C=O) groups is 1. The fourth-order valence-electron chi connectivity index (χ4n) is 4.72. The topological polar surface area (TPSA) is 118 Å². The number of hydrogen-bond donors (Lipinski definition) is 2. The van der Waals surface area contributed by atoms with Gasteiger partial charge in [-0.3, -0.25) is 13.8 Å². The fraction of sp³-hybridized carbons (Fsp3) is 0.381. The first kappa shape index (κ1) is 19.4. The lowest BCUT2D eigenvalue weighted by Crippen LogP contribution is -2.43. The van der Waals surface area contributed by atoms with Crippen molar-refractivity contribution in [3.63, 3.8) is 0 Å². The van der Waals surface area contributed by atoms with E-state index in [1.54, 1.807) is 27.4 Å². The minimum atomic E-state index is -0.791. The van der Waals surface area contributed by atoms with E-state index < -0.39 is 17.3 Å². The molecule has 4 aromatic rings. The maximum Gasteiger partial charge on any atom is 0.328 e. The Labute approximate surface area is 175 Å². The summed E-state index contributed by atoms with van der Waals surface area (Å²) in [6, 6.07) is 2.90. The first-order chi connectivity index (χ1) is 14.9. The van der Waals surface area contributed by atoms with E-state index >= 15 is 0 Å². The molecule has 2 N–H and O–H groups in total. The summed E-state index contributed by atoms with van der Waals surface area (Å²) in [5.74, 6) is -1.27. The van der Waals surface area contributed by atoms with Gasteiger partial charge in [-0.1, -0.05) is 6.92 Å². The predicted octanol–water partition coefficient (Wildman–Crippen LogP) is 2.95. The number of imidazole rings is 2. The van der Waals surface area contributed by atoms with Gasteiger partial charge in [-0.05, 0) is 44.2 Å². The van der Waals surface area contributed by atoms with Gasteiger partial charge in [-0.25, -0.2) is 24.1 Å². The predicted molar refractivity (Wildman–Crippen MR) is 110 cm³/mol. The lowest BCUT2D eigenvalue weighted by atomic mass is 9.75. The number of aliphatic carboxylic acids is 1. The second-order valence-electron chi connectivity index (χ2n) is 8.11. The molecule has 4 heterocycles. The van der Waals surface area contributed by atoms with Gasteiger partial charge in [0.2, 0.25) is 0 Å². The van der Waals surface area contributed by atoms with Crippen LogP contribution in [0.3, 0.4) is 0 Å². The molecule has 4 aromatic heterocycles. The Balaban J connectivity index is 1.65. The number of hydrogen-bond acceptors (Lipinski definition) is 5. The van der Waals surface area contributed by atoms with Crippen LogP contribution < -0.4 is 5.69 Å². The number of aromatic amines is 1. The summed E-state index contributed by atoms with van der Waals surface area (Å²) in [6.07, 6.45) is 7.27. The molecular formula is C21H21FN6O3. The number of fused-ring (bicyclic) bond motifs is 2. The third kappa shape index (κ3) is 3.01. The average molecular weight is 424 g/mol. The molecule has 160 valence electrons. The van der Waals surface area contributed by atoms with Crippen molar-refractivity contribution in [2.45, 2.75) is 44.6 Å². The summed E-state index contributed by atoms with van der Waals surface area (Å²) < 4.78 is 17.0. The number of pyridine rings is 1. The second kappa shape index (κ2) is 7.00. The Bertz CT molecular complexity index is 1360. The summed E-state index contributed by atoms with van der Waals surface area (Å²) >= 11 is 0. The second-order valence-corrected chi connectivity index (χ2v) is 8.11. The molecule has 1 fully saturated rings. The highest BCUT2D eigenvalue weighted by Crippen LogP contribution is 2.40. The quantitative estimate of drug-likeness (QED) is 0.520. The normalized spacial score (nSPS) is 21.7. The molecule has 31 heavy (non-hydrogen) atoms. The lowest BCUT2D eigenvalue weighted by molar-refractivity contribution is -0.143. The zero-order valence-electron chi connectivity index (χ0n) is 16.9. The molecule has 1 saturated carbocycles. The van der Waals surface area contributed by atoms with Crippen molar-refractivity contribution in [2.24, 2.45) is 5.92 Å². The Morgan fingerprint density at radius 1 is 1.29 bits per heavy atom. The summed E-state index contributed by atoms with van der Waals surface area (Å²) in [5.41, 5.74) is 1.22. The van der Waals surface area contributed by atoms with E-state index in [9.17, 15) is 19.1 Å². The SMILES string of the molecule is CCC1(n2c(=O)[nH]c3cnc(-c4cnc5ccc(F)cn45)nc32)CCC(C(=O)O)CC1. The van der Waals surface area contributed by atoms with Crippen LogP contribution in [0.2, 0.25) is 0 Å². The Kier molecular flexibility index (Phi) is 4.38. The highest BCUT2D eigenvalue weighted by Gasteiger charge is 2.40. The van der Waals surface area contributed by atoms with Crippen LogP contribution in [0.15, 0.2) is 35.5 Å². The van der Waals surface area contributed by atoms with Crippen molar-refractivity contribution < 1.29 is 14.3 Å². The summed E-state index contributed by atoms with van der Waals surface area (Å²) in [6.45, 7) is 2.00. The highest BCUT2D eigenvalue weighted by atomic mass is 19.1. The Hall–Kier alpha value is -3.56. The molecule has 5 rings (SSSR count). The van der Waals surface area contributed by atoms with Crippen LogP contribution in [0, 0.1) is 11.7 Å². The number of nitrogens with one attached hydrogen (secondary N) is 1. The van der Waals surface area contributed by atoms with E-state index in [1.165, 1.54) is 12.3 Å². The summed E-state index contributed by atoms with van der Waals surface area (Å²) in [4.78, 5) is 40.4.